The fourth-order valence-corrected chi connectivity index (χ4v) is 1.48. The molecule has 1 aromatic carbocycles. The maximum atomic E-state index is 11.8. The predicted molar refractivity (Wildman–Crippen MR) is 76.0 cm³/mol. The van der Waals surface area contributed by atoms with Gasteiger partial charge in [0.05, 0.1) is 25.2 Å². The first-order valence-corrected chi connectivity index (χ1v) is 6.50. The fraction of sp³-hybridized carbons (Fsp3) is 0.333. The minimum Gasteiger partial charge on any atom is -0.466 e. The van der Waals surface area contributed by atoms with Crippen molar-refractivity contribution in [2.75, 3.05) is 18.5 Å². The summed E-state index contributed by atoms with van der Waals surface area (Å²) in [7, 11) is 0. The fourth-order valence-electron chi connectivity index (χ4n) is 1.48. The van der Waals surface area contributed by atoms with E-state index in [9.17, 15) is 9.59 Å². The summed E-state index contributed by atoms with van der Waals surface area (Å²) >= 11 is 0. The highest BCUT2D eigenvalue weighted by molar-refractivity contribution is 5.94. The van der Waals surface area contributed by atoms with Gasteiger partial charge in [-0.1, -0.05) is 18.2 Å². The molecular formula is C15H19NO4. The number of rotatable bonds is 7. The van der Waals surface area contributed by atoms with E-state index >= 15 is 0 Å². The van der Waals surface area contributed by atoms with Crippen LogP contribution in [0.15, 0.2) is 42.1 Å². The first kappa shape index (κ1) is 15.8. The molecule has 0 unspecified atom stereocenters. The summed E-state index contributed by atoms with van der Waals surface area (Å²) in [5, 5.41) is 2.96. The topological polar surface area (TPSA) is 64.6 Å². The Bertz CT molecular complexity index is 468. The highest BCUT2D eigenvalue weighted by atomic mass is 16.5. The van der Waals surface area contributed by atoms with Crippen LogP contribution in [0, 0.1) is 0 Å². The van der Waals surface area contributed by atoms with Crippen LogP contribution in [0.25, 0.3) is 0 Å². The molecule has 5 nitrogen and oxygen atoms in total. The van der Waals surface area contributed by atoms with Crippen molar-refractivity contribution < 1.29 is 19.1 Å². The lowest BCUT2D eigenvalue weighted by Gasteiger charge is -2.08. The Morgan fingerprint density at radius 2 is 1.75 bits per heavy atom. The van der Waals surface area contributed by atoms with Gasteiger partial charge >= 0.3 is 11.9 Å². The molecule has 0 saturated heterocycles. The van der Waals surface area contributed by atoms with Gasteiger partial charge in [-0.2, -0.15) is 0 Å². The molecule has 1 rings (SSSR count). The molecule has 0 heterocycles. The lowest BCUT2D eigenvalue weighted by Crippen LogP contribution is -2.14. The van der Waals surface area contributed by atoms with Gasteiger partial charge in [0, 0.05) is 11.9 Å². The van der Waals surface area contributed by atoms with Crippen molar-refractivity contribution in [2.24, 2.45) is 0 Å². The van der Waals surface area contributed by atoms with E-state index in [-0.39, 0.29) is 25.2 Å². The molecule has 1 N–H and O–H groups in total. The van der Waals surface area contributed by atoms with Gasteiger partial charge in [0.15, 0.2) is 0 Å². The third-order valence-corrected chi connectivity index (χ3v) is 2.36. The second kappa shape index (κ2) is 8.74. The van der Waals surface area contributed by atoms with Crippen LogP contribution in [0.5, 0.6) is 0 Å². The molecule has 0 saturated carbocycles. The zero-order valence-electron chi connectivity index (χ0n) is 11.7. The zero-order chi connectivity index (χ0) is 14.8. The molecule has 0 fully saturated rings. The van der Waals surface area contributed by atoms with Crippen LogP contribution in [-0.4, -0.2) is 25.2 Å². The normalized spacial score (nSPS) is 10.8. The van der Waals surface area contributed by atoms with Crippen molar-refractivity contribution in [3.63, 3.8) is 0 Å². The molecule has 0 spiro atoms. The summed E-state index contributed by atoms with van der Waals surface area (Å²) in [6.45, 7) is 3.96. The molecule has 0 bridgehead atoms. The number of carbonyl (C=O) groups excluding carboxylic acids is 2. The summed E-state index contributed by atoms with van der Waals surface area (Å²) in [5.74, 6) is -0.981. The van der Waals surface area contributed by atoms with E-state index in [2.05, 4.69) is 5.32 Å². The van der Waals surface area contributed by atoms with E-state index in [4.69, 9.17) is 9.47 Å². The van der Waals surface area contributed by atoms with Gasteiger partial charge in [0.2, 0.25) is 0 Å². The maximum Gasteiger partial charge on any atom is 0.336 e. The summed E-state index contributed by atoms with van der Waals surface area (Å²) < 4.78 is 9.75. The van der Waals surface area contributed by atoms with Gasteiger partial charge in [-0.15, -0.1) is 0 Å². The molecule has 0 radical (unpaired) electrons. The van der Waals surface area contributed by atoms with Gasteiger partial charge in [-0.3, -0.25) is 4.79 Å². The number of benzene rings is 1. The number of anilines is 1. The molecule has 1 aromatic rings. The van der Waals surface area contributed by atoms with Crippen LogP contribution in [0.2, 0.25) is 0 Å². The molecular weight excluding hydrogens is 258 g/mol. The third kappa shape index (κ3) is 5.56. The largest absolute Gasteiger partial charge is 0.466 e. The molecule has 20 heavy (non-hydrogen) atoms. The van der Waals surface area contributed by atoms with Crippen LogP contribution < -0.4 is 5.32 Å². The number of carbonyl (C=O) groups is 2. The molecule has 5 heteroatoms. The lowest BCUT2D eigenvalue weighted by molar-refractivity contribution is -0.145. The van der Waals surface area contributed by atoms with Crippen LogP contribution in [0.1, 0.15) is 20.3 Å². The zero-order valence-corrected chi connectivity index (χ0v) is 11.7. The van der Waals surface area contributed by atoms with Crippen molar-refractivity contribution in [1.82, 2.24) is 0 Å². The number of hydrogen-bond acceptors (Lipinski definition) is 5. The Hall–Kier alpha value is -2.30. The van der Waals surface area contributed by atoms with Crippen molar-refractivity contribution in [2.45, 2.75) is 20.3 Å². The third-order valence-electron chi connectivity index (χ3n) is 2.36. The maximum absolute atomic E-state index is 11.8. The van der Waals surface area contributed by atoms with Crippen molar-refractivity contribution >= 4 is 17.6 Å². The van der Waals surface area contributed by atoms with E-state index in [0.29, 0.717) is 0 Å². The number of ether oxygens (including phenoxy) is 2. The highest BCUT2D eigenvalue weighted by Crippen LogP contribution is 2.10. The second-order valence-corrected chi connectivity index (χ2v) is 3.88. The van der Waals surface area contributed by atoms with Crippen molar-refractivity contribution in [3.05, 3.63) is 42.1 Å². The Labute approximate surface area is 118 Å². The Morgan fingerprint density at radius 3 is 2.35 bits per heavy atom. The smallest absolute Gasteiger partial charge is 0.336 e. The number of nitrogens with one attached hydrogen (secondary N) is 1. The number of esters is 2. The number of para-hydroxylation sites is 1. The van der Waals surface area contributed by atoms with Crippen LogP contribution in [-0.2, 0) is 19.1 Å². The van der Waals surface area contributed by atoms with Crippen LogP contribution >= 0.6 is 0 Å². The molecule has 108 valence electrons. The minimum atomic E-state index is -0.524. The predicted octanol–water partition coefficient (Wildman–Crippen LogP) is 2.50. The molecule has 0 aliphatic carbocycles. The highest BCUT2D eigenvalue weighted by Gasteiger charge is 2.15. The average Bonchev–Trinajstić information content (AvgIpc) is 2.45. The van der Waals surface area contributed by atoms with Crippen molar-refractivity contribution in [3.8, 4) is 0 Å². The lowest BCUT2D eigenvalue weighted by atomic mass is 10.2. The summed E-state index contributed by atoms with van der Waals surface area (Å²) in [6.07, 6.45) is 1.36. The van der Waals surface area contributed by atoms with E-state index < -0.39 is 11.9 Å². The van der Waals surface area contributed by atoms with Gasteiger partial charge in [-0.25, -0.2) is 4.79 Å². The Balaban J connectivity index is 2.75. The molecule has 0 atom stereocenters. The van der Waals surface area contributed by atoms with Gasteiger partial charge in [-0.05, 0) is 26.0 Å². The van der Waals surface area contributed by atoms with Gasteiger partial charge in [0.25, 0.3) is 0 Å². The minimum absolute atomic E-state index is 0.119. The summed E-state index contributed by atoms with van der Waals surface area (Å²) in [4.78, 5) is 23.2. The standard InChI is InChI=1S/C15H19NO4/c1-3-19-14(17)10-12(15(18)20-4-2)11-16-13-8-6-5-7-9-13/h5-9,11,16H,3-4,10H2,1-2H3. The number of hydrogen-bond donors (Lipinski definition) is 1. The van der Waals surface area contributed by atoms with Gasteiger partial charge in [0.1, 0.15) is 0 Å². The molecule has 0 aromatic heterocycles. The average molecular weight is 277 g/mol. The first-order chi connectivity index (χ1) is 9.67. The van der Waals surface area contributed by atoms with Crippen molar-refractivity contribution in [1.29, 1.82) is 0 Å². The SMILES string of the molecule is CCOC(=O)CC(=CNc1ccccc1)C(=O)OCC. The monoisotopic (exact) mass is 277 g/mol. The van der Waals surface area contributed by atoms with E-state index in [1.54, 1.807) is 13.8 Å². The van der Waals surface area contributed by atoms with E-state index in [1.807, 2.05) is 30.3 Å². The molecule has 0 aliphatic heterocycles. The molecule has 0 amide bonds. The summed E-state index contributed by atoms with van der Waals surface area (Å²) in [5.41, 5.74) is 1.05. The Kier molecular flexibility index (Phi) is 6.89. The quantitative estimate of drug-likeness (QED) is 0.613. The Morgan fingerprint density at radius 1 is 1.10 bits per heavy atom. The summed E-state index contributed by atoms with van der Waals surface area (Å²) in [6, 6.07) is 9.32. The van der Waals surface area contributed by atoms with Crippen LogP contribution in [0.3, 0.4) is 0 Å². The van der Waals surface area contributed by atoms with E-state index in [1.165, 1.54) is 6.20 Å². The first-order valence-electron chi connectivity index (χ1n) is 6.50. The molecule has 0 aliphatic rings. The van der Waals surface area contributed by atoms with E-state index in [0.717, 1.165) is 5.69 Å². The van der Waals surface area contributed by atoms with Crippen LogP contribution in [0.4, 0.5) is 5.69 Å². The second-order valence-electron chi connectivity index (χ2n) is 3.88. The van der Waals surface area contributed by atoms with Gasteiger partial charge < -0.3 is 14.8 Å².